The van der Waals surface area contributed by atoms with Gasteiger partial charge in [-0.3, -0.25) is 4.40 Å². The molecule has 4 nitrogen and oxygen atoms in total. The molecule has 0 amide bonds. The molecule has 98 valence electrons. The van der Waals surface area contributed by atoms with Crippen molar-refractivity contribution in [1.82, 2.24) is 9.38 Å². The Labute approximate surface area is 124 Å². The molecule has 3 rings (SSSR count). The maximum absolute atomic E-state index is 9.43. The van der Waals surface area contributed by atoms with E-state index in [1.165, 1.54) is 0 Å². The van der Waals surface area contributed by atoms with Gasteiger partial charge in [-0.15, -0.1) is 0 Å². The number of pyridine rings is 1. The van der Waals surface area contributed by atoms with Crippen molar-refractivity contribution in [3.8, 4) is 23.1 Å². The van der Waals surface area contributed by atoms with Crippen LogP contribution in [0.3, 0.4) is 0 Å². The fraction of sp³-hybridized carbons (Fsp3) is 0.0667. The predicted octanol–water partition coefficient (Wildman–Crippen LogP) is 3.64. The molecular weight excluding hydrogens is 318 g/mol. The van der Waals surface area contributed by atoms with E-state index in [0.717, 1.165) is 21.4 Å². The lowest BCUT2D eigenvalue weighted by molar-refractivity contribution is 0.415. The summed E-state index contributed by atoms with van der Waals surface area (Å²) in [7, 11) is 1.62. The third-order valence-electron chi connectivity index (χ3n) is 3.03. The molecule has 0 aliphatic heterocycles. The van der Waals surface area contributed by atoms with Crippen LogP contribution in [0, 0.1) is 11.3 Å². The number of hydrogen-bond acceptors (Lipinski definition) is 3. The molecule has 0 aliphatic rings. The highest BCUT2D eigenvalue weighted by atomic mass is 79.9. The van der Waals surface area contributed by atoms with Crippen LogP contribution in [0.25, 0.3) is 16.9 Å². The number of nitriles is 1. The van der Waals surface area contributed by atoms with Crippen LogP contribution in [-0.4, -0.2) is 16.5 Å². The maximum atomic E-state index is 9.43. The van der Waals surface area contributed by atoms with E-state index in [2.05, 4.69) is 27.0 Å². The third kappa shape index (κ3) is 2.04. The van der Waals surface area contributed by atoms with Gasteiger partial charge in [0.05, 0.1) is 7.11 Å². The Morgan fingerprint density at radius 1 is 1.30 bits per heavy atom. The first-order valence-corrected chi connectivity index (χ1v) is 6.74. The Morgan fingerprint density at radius 3 is 2.90 bits per heavy atom. The van der Waals surface area contributed by atoms with Crippen LogP contribution in [-0.2, 0) is 0 Å². The van der Waals surface area contributed by atoms with Crippen molar-refractivity contribution < 1.29 is 4.74 Å². The number of benzene rings is 1. The maximum Gasteiger partial charge on any atom is 0.152 e. The fourth-order valence-corrected chi connectivity index (χ4v) is 2.43. The number of rotatable bonds is 2. The molecule has 0 spiro atoms. The zero-order valence-electron chi connectivity index (χ0n) is 10.7. The van der Waals surface area contributed by atoms with Gasteiger partial charge in [-0.2, -0.15) is 5.26 Å². The summed E-state index contributed by atoms with van der Waals surface area (Å²) in [5.41, 5.74) is 2.77. The summed E-state index contributed by atoms with van der Waals surface area (Å²) in [4.78, 5) is 4.53. The number of halogens is 1. The minimum atomic E-state index is 0.509. The van der Waals surface area contributed by atoms with Gasteiger partial charge in [0, 0.05) is 16.2 Å². The SMILES string of the molecule is COc1cccc(-c2nc3ccc(Br)cn3c2C#N)c1. The molecule has 0 aliphatic carbocycles. The lowest BCUT2D eigenvalue weighted by atomic mass is 10.1. The van der Waals surface area contributed by atoms with Crippen LogP contribution < -0.4 is 4.74 Å². The summed E-state index contributed by atoms with van der Waals surface area (Å²) >= 11 is 3.41. The van der Waals surface area contributed by atoms with Crippen molar-refractivity contribution in [3.05, 3.63) is 52.8 Å². The van der Waals surface area contributed by atoms with E-state index in [4.69, 9.17) is 4.74 Å². The lowest BCUT2D eigenvalue weighted by Crippen LogP contribution is -1.89. The van der Waals surface area contributed by atoms with E-state index in [1.54, 1.807) is 11.5 Å². The molecule has 2 aromatic heterocycles. The number of methoxy groups -OCH3 is 1. The number of fused-ring (bicyclic) bond motifs is 1. The predicted molar refractivity (Wildman–Crippen MR) is 79.6 cm³/mol. The normalized spacial score (nSPS) is 10.4. The van der Waals surface area contributed by atoms with Gasteiger partial charge in [0.25, 0.3) is 0 Å². The molecule has 0 bridgehead atoms. The Kier molecular flexibility index (Phi) is 3.17. The van der Waals surface area contributed by atoms with Gasteiger partial charge in [-0.1, -0.05) is 12.1 Å². The van der Waals surface area contributed by atoms with E-state index in [1.807, 2.05) is 42.6 Å². The quantitative estimate of drug-likeness (QED) is 0.722. The van der Waals surface area contributed by atoms with E-state index in [0.29, 0.717) is 11.4 Å². The van der Waals surface area contributed by atoms with Crippen LogP contribution in [0.2, 0.25) is 0 Å². The summed E-state index contributed by atoms with van der Waals surface area (Å²) in [6.45, 7) is 0. The summed E-state index contributed by atoms with van der Waals surface area (Å²) in [6, 6.07) is 13.5. The van der Waals surface area contributed by atoms with Crippen molar-refractivity contribution in [2.75, 3.05) is 7.11 Å². The van der Waals surface area contributed by atoms with E-state index in [-0.39, 0.29) is 0 Å². The van der Waals surface area contributed by atoms with Gasteiger partial charge in [-0.25, -0.2) is 4.98 Å². The Morgan fingerprint density at radius 2 is 2.15 bits per heavy atom. The van der Waals surface area contributed by atoms with Crippen LogP contribution in [0.15, 0.2) is 47.1 Å². The summed E-state index contributed by atoms with van der Waals surface area (Å²) < 4.78 is 7.89. The van der Waals surface area contributed by atoms with Crippen LogP contribution in [0.5, 0.6) is 5.75 Å². The Balaban J connectivity index is 2.28. The molecule has 5 heteroatoms. The minimum Gasteiger partial charge on any atom is -0.497 e. The number of hydrogen-bond donors (Lipinski definition) is 0. The largest absolute Gasteiger partial charge is 0.497 e. The Bertz CT molecular complexity index is 833. The van der Waals surface area contributed by atoms with Gasteiger partial charge in [0.15, 0.2) is 5.69 Å². The molecule has 2 heterocycles. The highest BCUT2D eigenvalue weighted by Gasteiger charge is 2.14. The Hall–Kier alpha value is -2.32. The van der Waals surface area contributed by atoms with E-state index in [9.17, 15) is 5.26 Å². The van der Waals surface area contributed by atoms with Crippen molar-refractivity contribution >= 4 is 21.6 Å². The smallest absolute Gasteiger partial charge is 0.152 e. The standard InChI is InChI=1S/C15H10BrN3O/c1-20-12-4-2-3-10(7-12)15-13(8-17)19-9-11(16)5-6-14(19)18-15/h2-7,9H,1H3. The number of aromatic nitrogens is 2. The molecule has 1 aromatic carbocycles. The van der Waals surface area contributed by atoms with Crippen molar-refractivity contribution in [1.29, 1.82) is 5.26 Å². The fourth-order valence-electron chi connectivity index (χ4n) is 2.10. The van der Waals surface area contributed by atoms with Crippen LogP contribution >= 0.6 is 15.9 Å². The molecule has 0 N–H and O–H groups in total. The number of nitrogens with zero attached hydrogens (tertiary/aromatic N) is 3. The summed E-state index contributed by atoms with van der Waals surface area (Å²) in [5.74, 6) is 0.740. The van der Waals surface area contributed by atoms with Crippen LogP contribution in [0.1, 0.15) is 5.69 Å². The second-order valence-corrected chi connectivity index (χ2v) is 5.14. The first-order valence-electron chi connectivity index (χ1n) is 5.95. The van der Waals surface area contributed by atoms with E-state index >= 15 is 0 Å². The second-order valence-electron chi connectivity index (χ2n) is 4.23. The zero-order chi connectivity index (χ0) is 14.1. The topological polar surface area (TPSA) is 50.3 Å². The molecule has 0 fully saturated rings. The van der Waals surface area contributed by atoms with E-state index < -0.39 is 0 Å². The first-order chi connectivity index (χ1) is 9.72. The summed E-state index contributed by atoms with van der Waals surface area (Å²) in [5, 5.41) is 9.43. The molecule has 0 radical (unpaired) electrons. The summed E-state index contributed by atoms with van der Waals surface area (Å²) in [6.07, 6.45) is 1.84. The average Bonchev–Trinajstić information content (AvgIpc) is 2.85. The zero-order valence-corrected chi connectivity index (χ0v) is 12.3. The van der Waals surface area contributed by atoms with Gasteiger partial charge >= 0.3 is 0 Å². The highest BCUT2D eigenvalue weighted by molar-refractivity contribution is 9.10. The molecule has 20 heavy (non-hydrogen) atoms. The average molecular weight is 328 g/mol. The van der Waals surface area contributed by atoms with Gasteiger partial charge < -0.3 is 4.74 Å². The molecule has 3 aromatic rings. The van der Waals surface area contributed by atoms with Crippen molar-refractivity contribution in [2.45, 2.75) is 0 Å². The first kappa shape index (κ1) is 12.7. The highest BCUT2D eigenvalue weighted by Crippen LogP contribution is 2.27. The molecule has 0 atom stereocenters. The van der Waals surface area contributed by atoms with Gasteiger partial charge in [0.1, 0.15) is 23.2 Å². The third-order valence-corrected chi connectivity index (χ3v) is 3.50. The van der Waals surface area contributed by atoms with Crippen molar-refractivity contribution in [3.63, 3.8) is 0 Å². The number of imidazole rings is 1. The van der Waals surface area contributed by atoms with Crippen LogP contribution in [0.4, 0.5) is 0 Å². The lowest BCUT2D eigenvalue weighted by Gasteiger charge is -2.02. The molecule has 0 unspecified atom stereocenters. The molecule has 0 saturated carbocycles. The van der Waals surface area contributed by atoms with Crippen molar-refractivity contribution in [2.24, 2.45) is 0 Å². The number of ether oxygens (including phenoxy) is 1. The minimum absolute atomic E-state index is 0.509. The second kappa shape index (κ2) is 4.99. The van der Waals surface area contributed by atoms with Gasteiger partial charge in [0.2, 0.25) is 0 Å². The van der Waals surface area contributed by atoms with Gasteiger partial charge in [-0.05, 0) is 40.2 Å². The monoisotopic (exact) mass is 327 g/mol. The molecule has 0 saturated heterocycles. The molecular formula is C15H10BrN3O.